The second-order valence-electron chi connectivity index (χ2n) is 7.67. The van der Waals surface area contributed by atoms with Gasteiger partial charge in [0.1, 0.15) is 17.7 Å². The zero-order valence-electron chi connectivity index (χ0n) is 16.7. The molecule has 5 N–H and O–H groups in total. The van der Waals surface area contributed by atoms with E-state index in [2.05, 4.69) is 15.3 Å². The molecule has 2 heterocycles. The largest absolute Gasteiger partial charge is 0.368 e. The summed E-state index contributed by atoms with van der Waals surface area (Å²) in [5.74, 6) is 0.408. The van der Waals surface area contributed by atoms with Crippen molar-refractivity contribution in [2.24, 2.45) is 17.4 Å². The van der Waals surface area contributed by atoms with Gasteiger partial charge in [-0.05, 0) is 48.7 Å². The van der Waals surface area contributed by atoms with Crippen molar-refractivity contribution in [1.29, 1.82) is 0 Å². The van der Waals surface area contributed by atoms with E-state index in [1.165, 1.54) is 0 Å². The first-order valence-corrected chi connectivity index (χ1v) is 9.87. The highest BCUT2D eigenvalue weighted by atomic mass is 16.1. The van der Waals surface area contributed by atoms with Crippen LogP contribution in [0.2, 0.25) is 0 Å². The number of primary amides is 2. The SMILES string of the molecule is CN(c1ccc(C(N)=O)c(Nc2ccc3ncccc3c2)n1)C(CC1CC1)C(N)=O. The molecule has 8 heteroatoms. The van der Waals surface area contributed by atoms with Gasteiger partial charge in [0.15, 0.2) is 0 Å². The van der Waals surface area contributed by atoms with E-state index in [-0.39, 0.29) is 11.5 Å². The Morgan fingerprint density at radius 1 is 1.20 bits per heavy atom. The molecule has 0 saturated heterocycles. The summed E-state index contributed by atoms with van der Waals surface area (Å²) in [6, 6.07) is 12.3. The lowest BCUT2D eigenvalue weighted by Crippen LogP contribution is -2.43. The third-order valence-electron chi connectivity index (χ3n) is 5.42. The van der Waals surface area contributed by atoms with Crippen molar-refractivity contribution in [2.75, 3.05) is 17.3 Å². The average molecular weight is 404 g/mol. The Bertz CT molecular complexity index is 1110. The Kier molecular flexibility index (Phi) is 5.22. The van der Waals surface area contributed by atoms with Gasteiger partial charge in [-0.1, -0.05) is 18.9 Å². The number of hydrogen-bond acceptors (Lipinski definition) is 6. The number of nitrogens with one attached hydrogen (secondary N) is 1. The molecule has 1 unspecified atom stereocenters. The Hall–Kier alpha value is -3.68. The Morgan fingerprint density at radius 2 is 2.00 bits per heavy atom. The predicted octanol–water partition coefficient (Wildman–Crippen LogP) is 2.56. The van der Waals surface area contributed by atoms with Crippen molar-refractivity contribution in [3.05, 3.63) is 54.2 Å². The number of aromatic nitrogens is 2. The van der Waals surface area contributed by atoms with Crippen LogP contribution in [0.25, 0.3) is 10.9 Å². The molecule has 1 atom stereocenters. The number of amides is 2. The zero-order chi connectivity index (χ0) is 21.3. The number of rotatable bonds is 8. The molecule has 2 aromatic heterocycles. The first kappa shape index (κ1) is 19.6. The van der Waals surface area contributed by atoms with E-state index in [1.54, 1.807) is 30.3 Å². The summed E-state index contributed by atoms with van der Waals surface area (Å²) in [6.45, 7) is 0. The van der Waals surface area contributed by atoms with Gasteiger partial charge in [0.2, 0.25) is 5.91 Å². The summed E-state index contributed by atoms with van der Waals surface area (Å²) in [7, 11) is 1.79. The number of nitrogens with two attached hydrogens (primary N) is 2. The second kappa shape index (κ2) is 7.98. The van der Waals surface area contributed by atoms with Crippen molar-refractivity contribution >= 4 is 40.0 Å². The number of carbonyl (C=O) groups is 2. The highest BCUT2D eigenvalue weighted by molar-refractivity contribution is 5.99. The summed E-state index contributed by atoms with van der Waals surface area (Å²) < 4.78 is 0. The molecule has 0 radical (unpaired) electrons. The van der Waals surface area contributed by atoms with Crippen molar-refractivity contribution < 1.29 is 9.59 Å². The summed E-state index contributed by atoms with van der Waals surface area (Å²) >= 11 is 0. The van der Waals surface area contributed by atoms with Crippen LogP contribution in [0.15, 0.2) is 48.7 Å². The van der Waals surface area contributed by atoms with Gasteiger partial charge >= 0.3 is 0 Å². The van der Waals surface area contributed by atoms with Gasteiger partial charge in [-0.15, -0.1) is 0 Å². The van der Waals surface area contributed by atoms with Gasteiger partial charge in [0, 0.05) is 24.3 Å². The minimum Gasteiger partial charge on any atom is -0.368 e. The van der Waals surface area contributed by atoms with Crippen LogP contribution in [-0.4, -0.2) is 34.9 Å². The van der Waals surface area contributed by atoms with E-state index in [1.807, 2.05) is 30.3 Å². The molecule has 8 nitrogen and oxygen atoms in total. The van der Waals surface area contributed by atoms with E-state index in [9.17, 15) is 9.59 Å². The van der Waals surface area contributed by atoms with E-state index in [0.29, 0.717) is 24.0 Å². The lowest BCUT2D eigenvalue weighted by Gasteiger charge is -2.27. The maximum absolute atomic E-state index is 12.0. The van der Waals surface area contributed by atoms with E-state index < -0.39 is 11.9 Å². The smallest absolute Gasteiger partial charge is 0.252 e. The van der Waals surface area contributed by atoms with Gasteiger partial charge in [-0.25, -0.2) is 4.98 Å². The van der Waals surface area contributed by atoms with Crippen molar-refractivity contribution in [3.8, 4) is 0 Å². The molecule has 1 fully saturated rings. The lowest BCUT2D eigenvalue weighted by atomic mass is 10.1. The quantitative estimate of drug-likeness (QED) is 0.529. The molecule has 1 aliphatic rings. The summed E-state index contributed by atoms with van der Waals surface area (Å²) in [6.07, 6.45) is 4.67. The minimum atomic E-state index is -0.592. The molecule has 3 aromatic rings. The molecular formula is C22H24N6O2. The number of hydrogen-bond donors (Lipinski definition) is 3. The van der Waals surface area contributed by atoms with Gasteiger partial charge in [-0.2, -0.15) is 0 Å². The van der Waals surface area contributed by atoms with Crippen LogP contribution in [0.3, 0.4) is 0 Å². The third-order valence-corrected chi connectivity index (χ3v) is 5.42. The summed E-state index contributed by atoms with van der Waals surface area (Å²) in [5, 5.41) is 4.13. The van der Waals surface area contributed by atoms with Crippen molar-refractivity contribution in [1.82, 2.24) is 9.97 Å². The van der Waals surface area contributed by atoms with Crippen LogP contribution in [0.4, 0.5) is 17.3 Å². The van der Waals surface area contributed by atoms with Crippen LogP contribution >= 0.6 is 0 Å². The number of likely N-dealkylation sites (N-methyl/N-ethyl adjacent to an activating group) is 1. The first-order valence-electron chi connectivity index (χ1n) is 9.87. The topological polar surface area (TPSA) is 127 Å². The number of carbonyl (C=O) groups excluding carboxylic acids is 2. The van der Waals surface area contributed by atoms with Crippen molar-refractivity contribution in [2.45, 2.75) is 25.3 Å². The van der Waals surface area contributed by atoms with Crippen LogP contribution in [0.1, 0.15) is 29.6 Å². The summed E-state index contributed by atoms with van der Waals surface area (Å²) in [5.41, 5.74) is 13.1. The molecule has 154 valence electrons. The maximum atomic E-state index is 12.0. The number of fused-ring (bicyclic) bond motifs is 1. The average Bonchev–Trinajstić information content (AvgIpc) is 3.55. The fraction of sp³-hybridized carbons (Fsp3) is 0.273. The van der Waals surface area contributed by atoms with E-state index in [4.69, 9.17) is 11.5 Å². The molecule has 1 aliphatic carbocycles. The predicted molar refractivity (Wildman–Crippen MR) is 117 cm³/mol. The summed E-state index contributed by atoms with van der Waals surface area (Å²) in [4.78, 5) is 34.6. The monoisotopic (exact) mass is 404 g/mol. The van der Waals surface area contributed by atoms with Gasteiger partial charge in [0.25, 0.3) is 5.91 Å². The molecule has 2 amide bonds. The molecule has 0 aliphatic heterocycles. The molecule has 1 aromatic carbocycles. The van der Waals surface area contributed by atoms with Crippen molar-refractivity contribution in [3.63, 3.8) is 0 Å². The minimum absolute atomic E-state index is 0.260. The fourth-order valence-corrected chi connectivity index (χ4v) is 3.52. The highest BCUT2D eigenvalue weighted by Crippen LogP contribution is 2.35. The molecule has 1 saturated carbocycles. The Morgan fingerprint density at radius 3 is 2.70 bits per heavy atom. The molecule has 0 spiro atoms. The van der Waals surface area contributed by atoms with Crippen LogP contribution < -0.4 is 21.7 Å². The van der Waals surface area contributed by atoms with Crippen LogP contribution in [0.5, 0.6) is 0 Å². The lowest BCUT2D eigenvalue weighted by molar-refractivity contribution is -0.119. The highest BCUT2D eigenvalue weighted by Gasteiger charge is 2.31. The number of benzene rings is 1. The number of pyridine rings is 2. The van der Waals surface area contributed by atoms with Gasteiger partial charge in [-0.3, -0.25) is 14.6 Å². The fourth-order valence-electron chi connectivity index (χ4n) is 3.52. The third kappa shape index (κ3) is 4.17. The molecule has 30 heavy (non-hydrogen) atoms. The Balaban J connectivity index is 1.66. The first-order chi connectivity index (χ1) is 14.4. The zero-order valence-corrected chi connectivity index (χ0v) is 16.7. The number of nitrogens with zero attached hydrogens (tertiary/aromatic N) is 3. The maximum Gasteiger partial charge on any atom is 0.252 e. The molecule has 4 rings (SSSR count). The van der Waals surface area contributed by atoms with E-state index in [0.717, 1.165) is 29.4 Å². The second-order valence-corrected chi connectivity index (χ2v) is 7.67. The molecule has 0 bridgehead atoms. The molecular weight excluding hydrogens is 380 g/mol. The standard InChI is InChI=1S/C22H24N6O2/c1-28(18(21(24)30)11-13-4-5-13)19-9-7-16(20(23)29)22(27-19)26-15-6-8-17-14(12-15)3-2-10-25-17/h2-3,6-10,12-13,18H,4-5,11H2,1H3,(H2,23,29)(H2,24,30)(H,26,27). The van der Waals surface area contributed by atoms with Gasteiger partial charge < -0.3 is 21.7 Å². The van der Waals surface area contributed by atoms with Crippen LogP contribution in [-0.2, 0) is 4.79 Å². The van der Waals surface area contributed by atoms with E-state index >= 15 is 0 Å². The normalized spacial score (nSPS) is 14.3. The number of anilines is 3. The Labute approximate surface area is 174 Å². The van der Waals surface area contributed by atoms with Crippen LogP contribution in [0, 0.1) is 5.92 Å². The van der Waals surface area contributed by atoms with Gasteiger partial charge in [0.05, 0.1) is 11.1 Å².